The van der Waals surface area contributed by atoms with Crippen LogP contribution in [0.5, 0.6) is 11.5 Å². The molecule has 2 unspecified atom stereocenters. The second-order valence-electron chi connectivity index (χ2n) is 8.76. The maximum absolute atomic E-state index is 13.1. The molecule has 7 heteroatoms. The molecule has 2 aliphatic heterocycles. The molecule has 0 saturated carbocycles. The Hall–Kier alpha value is -3.48. The second kappa shape index (κ2) is 8.14. The topological polar surface area (TPSA) is 83.7 Å². The van der Waals surface area contributed by atoms with Crippen molar-refractivity contribution in [2.24, 2.45) is 0 Å². The van der Waals surface area contributed by atoms with Crippen molar-refractivity contribution in [2.45, 2.75) is 38.6 Å². The molecule has 2 atom stereocenters. The van der Waals surface area contributed by atoms with Crippen molar-refractivity contribution in [3.05, 3.63) is 59.3 Å². The lowest BCUT2D eigenvalue weighted by Gasteiger charge is -2.48. The summed E-state index contributed by atoms with van der Waals surface area (Å²) in [5.74, 6) is 1.06. The molecule has 172 valence electrons. The van der Waals surface area contributed by atoms with E-state index in [0.29, 0.717) is 25.5 Å². The highest BCUT2D eigenvalue weighted by atomic mass is 16.5. The quantitative estimate of drug-likeness (QED) is 0.604. The molecule has 1 fully saturated rings. The lowest BCUT2D eigenvalue weighted by atomic mass is 9.76. The summed E-state index contributed by atoms with van der Waals surface area (Å²) in [7, 11) is 0. The van der Waals surface area contributed by atoms with E-state index in [9.17, 15) is 9.59 Å². The van der Waals surface area contributed by atoms with Crippen molar-refractivity contribution in [2.75, 3.05) is 26.3 Å². The highest BCUT2D eigenvalue weighted by Gasteiger charge is 2.53. The number of amides is 2. The Bertz CT molecular complexity index is 1230. The molecule has 0 bridgehead atoms. The van der Waals surface area contributed by atoms with Gasteiger partial charge < -0.3 is 24.7 Å². The molecule has 0 aliphatic carbocycles. The van der Waals surface area contributed by atoms with E-state index in [4.69, 9.17) is 9.47 Å². The van der Waals surface area contributed by atoms with E-state index in [0.717, 1.165) is 39.9 Å². The van der Waals surface area contributed by atoms with Crippen molar-refractivity contribution < 1.29 is 19.1 Å². The van der Waals surface area contributed by atoms with Gasteiger partial charge in [-0.05, 0) is 49.6 Å². The average Bonchev–Trinajstić information content (AvgIpc) is 3.22. The number of ether oxygens (including phenoxy) is 2. The lowest BCUT2D eigenvalue weighted by Crippen LogP contribution is -2.66. The molecule has 1 saturated heterocycles. The van der Waals surface area contributed by atoms with Crippen LogP contribution in [0.3, 0.4) is 0 Å². The fourth-order valence-corrected chi connectivity index (χ4v) is 5.12. The zero-order valence-corrected chi connectivity index (χ0v) is 19.2. The third kappa shape index (κ3) is 3.25. The number of nitrogens with one attached hydrogen (secondary N) is 2. The van der Waals surface area contributed by atoms with Gasteiger partial charge in [0.15, 0.2) is 17.0 Å². The van der Waals surface area contributed by atoms with Gasteiger partial charge in [-0.25, -0.2) is 0 Å². The minimum Gasteiger partial charge on any atom is -0.490 e. The molecule has 3 aromatic rings. The molecule has 3 heterocycles. The molecule has 0 spiro atoms. The van der Waals surface area contributed by atoms with Crippen LogP contribution in [0, 0.1) is 0 Å². The maximum Gasteiger partial charge on any atom is 0.252 e. The summed E-state index contributed by atoms with van der Waals surface area (Å²) in [4.78, 5) is 31.3. The fourth-order valence-electron chi connectivity index (χ4n) is 5.12. The minimum absolute atomic E-state index is 0.0185. The van der Waals surface area contributed by atoms with Crippen molar-refractivity contribution in [1.82, 2.24) is 15.2 Å². The van der Waals surface area contributed by atoms with E-state index in [1.165, 1.54) is 0 Å². The number of H-pyrrole nitrogens is 1. The maximum atomic E-state index is 13.1. The average molecular weight is 448 g/mol. The number of carbonyl (C=O) groups excluding carboxylic acids is 2. The predicted molar refractivity (Wildman–Crippen MR) is 126 cm³/mol. The summed E-state index contributed by atoms with van der Waals surface area (Å²) >= 11 is 0. The van der Waals surface area contributed by atoms with Crippen LogP contribution in [0.1, 0.15) is 49.9 Å². The summed E-state index contributed by atoms with van der Waals surface area (Å²) < 4.78 is 11.8. The Labute approximate surface area is 193 Å². The first-order valence-electron chi connectivity index (χ1n) is 11.6. The SMILES string of the molecule is CCCOc1ccc(C2CN3C(=O)CNC(=O)C3(C)c3[nH]c4ccccc4c32)cc1OCC. The summed E-state index contributed by atoms with van der Waals surface area (Å²) in [6, 6.07) is 14.1. The number of piperazine rings is 1. The van der Waals surface area contributed by atoms with Gasteiger partial charge in [-0.2, -0.15) is 0 Å². The van der Waals surface area contributed by atoms with Crippen molar-refractivity contribution in [1.29, 1.82) is 0 Å². The van der Waals surface area contributed by atoms with Gasteiger partial charge in [0.1, 0.15) is 0 Å². The third-order valence-corrected chi connectivity index (χ3v) is 6.76. The molecule has 2 aliphatic rings. The number of aromatic nitrogens is 1. The van der Waals surface area contributed by atoms with Gasteiger partial charge in [-0.3, -0.25) is 9.59 Å². The van der Waals surface area contributed by atoms with E-state index < -0.39 is 5.54 Å². The predicted octanol–water partition coefficient (Wildman–Crippen LogP) is 3.67. The number of hydrogen-bond donors (Lipinski definition) is 2. The van der Waals surface area contributed by atoms with Crippen LogP contribution in [0.15, 0.2) is 42.5 Å². The van der Waals surface area contributed by atoms with Gasteiger partial charge in [0.2, 0.25) is 5.91 Å². The summed E-state index contributed by atoms with van der Waals surface area (Å²) in [5, 5.41) is 3.84. The Balaban J connectivity index is 1.70. The molecule has 2 aromatic carbocycles. The van der Waals surface area contributed by atoms with Crippen LogP contribution >= 0.6 is 0 Å². The number of fused-ring (bicyclic) bond motifs is 5. The number of nitrogens with zero attached hydrogens (tertiary/aromatic N) is 1. The zero-order chi connectivity index (χ0) is 23.2. The van der Waals surface area contributed by atoms with Crippen LogP contribution in [-0.4, -0.2) is 48.0 Å². The largest absolute Gasteiger partial charge is 0.490 e. The fraction of sp³-hybridized carbons (Fsp3) is 0.385. The molecule has 0 radical (unpaired) electrons. The van der Waals surface area contributed by atoms with Crippen molar-refractivity contribution in [3.8, 4) is 11.5 Å². The summed E-state index contributed by atoms with van der Waals surface area (Å²) in [6.07, 6.45) is 0.909. The Kier molecular flexibility index (Phi) is 5.27. The van der Waals surface area contributed by atoms with Gasteiger partial charge in [0, 0.05) is 23.4 Å². The number of rotatable bonds is 6. The summed E-state index contributed by atoms with van der Waals surface area (Å²) in [5.41, 5.74) is 2.73. The molecule has 5 rings (SSSR count). The first-order valence-corrected chi connectivity index (χ1v) is 11.6. The highest BCUT2D eigenvalue weighted by molar-refractivity contribution is 6.01. The van der Waals surface area contributed by atoms with Gasteiger partial charge in [-0.15, -0.1) is 0 Å². The van der Waals surface area contributed by atoms with E-state index in [-0.39, 0.29) is 24.3 Å². The first-order chi connectivity index (χ1) is 16.0. The number of hydrogen-bond acceptors (Lipinski definition) is 4. The monoisotopic (exact) mass is 447 g/mol. The first kappa shape index (κ1) is 21.4. The Morgan fingerprint density at radius 1 is 1.09 bits per heavy atom. The van der Waals surface area contributed by atoms with Gasteiger partial charge in [0.05, 0.1) is 25.5 Å². The zero-order valence-electron chi connectivity index (χ0n) is 19.2. The number of carbonyl (C=O) groups is 2. The van der Waals surface area contributed by atoms with Crippen LogP contribution < -0.4 is 14.8 Å². The molecular weight excluding hydrogens is 418 g/mol. The van der Waals surface area contributed by atoms with Crippen LogP contribution in [0.4, 0.5) is 0 Å². The number of para-hydroxylation sites is 1. The minimum atomic E-state index is -1.08. The van der Waals surface area contributed by atoms with E-state index >= 15 is 0 Å². The van der Waals surface area contributed by atoms with Gasteiger partial charge in [-0.1, -0.05) is 31.2 Å². The third-order valence-electron chi connectivity index (χ3n) is 6.76. The Morgan fingerprint density at radius 3 is 2.70 bits per heavy atom. The van der Waals surface area contributed by atoms with Crippen molar-refractivity contribution in [3.63, 3.8) is 0 Å². The van der Waals surface area contributed by atoms with Crippen molar-refractivity contribution >= 4 is 22.7 Å². The molecular formula is C26H29N3O4. The Morgan fingerprint density at radius 2 is 1.91 bits per heavy atom. The van der Waals surface area contributed by atoms with Crippen LogP contribution in [0.25, 0.3) is 10.9 Å². The molecule has 7 nitrogen and oxygen atoms in total. The smallest absolute Gasteiger partial charge is 0.252 e. The summed E-state index contributed by atoms with van der Waals surface area (Å²) in [6.45, 7) is 7.42. The normalized spacial score (nSPS) is 22.0. The molecule has 2 N–H and O–H groups in total. The van der Waals surface area contributed by atoms with Gasteiger partial charge in [0.25, 0.3) is 5.91 Å². The second-order valence-corrected chi connectivity index (χ2v) is 8.76. The lowest BCUT2D eigenvalue weighted by molar-refractivity contribution is -0.154. The molecule has 2 amide bonds. The van der Waals surface area contributed by atoms with E-state index in [1.54, 1.807) is 4.90 Å². The number of benzene rings is 2. The standard InChI is InChI=1S/C26H29N3O4/c1-4-12-33-20-11-10-16(13-21(20)32-5-2)18-15-29-22(30)14-27-25(31)26(29,3)24-23(18)17-8-6-7-9-19(17)28-24/h6-11,13,18,28H,4-5,12,14-15H2,1-3H3,(H,27,31). The highest BCUT2D eigenvalue weighted by Crippen LogP contribution is 2.47. The molecule has 33 heavy (non-hydrogen) atoms. The number of aromatic amines is 1. The van der Waals surface area contributed by atoms with E-state index in [2.05, 4.69) is 23.3 Å². The molecule has 1 aromatic heterocycles. The van der Waals surface area contributed by atoms with Crippen LogP contribution in [-0.2, 0) is 15.1 Å². The van der Waals surface area contributed by atoms with Gasteiger partial charge >= 0.3 is 0 Å². The van der Waals surface area contributed by atoms with Crippen LogP contribution in [0.2, 0.25) is 0 Å². The van der Waals surface area contributed by atoms with E-state index in [1.807, 2.05) is 50.2 Å².